The predicted molar refractivity (Wildman–Crippen MR) is 82.5 cm³/mol. The number of ether oxygens (including phenoxy) is 1. The van der Waals surface area contributed by atoms with Crippen LogP contribution in [0, 0.1) is 0 Å². The van der Waals surface area contributed by atoms with E-state index in [0.717, 1.165) is 11.3 Å². The van der Waals surface area contributed by atoms with Gasteiger partial charge in [-0.05, 0) is 32.8 Å². The molecular weight excluding hydrogens is 250 g/mol. The smallest absolute Gasteiger partial charge is 0.123 e. The zero-order valence-electron chi connectivity index (χ0n) is 12.8. The van der Waals surface area contributed by atoms with Crippen LogP contribution in [0.5, 0.6) is 5.75 Å². The van der Waals surface area contributed by atoms with E-state index in [9.17, 15) is 0 Å². The summed E-state index contributed by atoms with van der Waals surface area (Å²) in [5, 5.41) is 2.37. The van der Waals surface area contributed by atoms with E-state index in [4.69, 9.17) is 10.5 Å². The summed E-state index contributed by atoms with van der Waals surface area (Å²) in [5.74, 6) is 0.896. The molecule has 0 aliphatic carbocycles. The fourth-order valence-electron chi connectivity index (χ4n) is 3.06. The highest BCUT2D eigenvalue weighted by Gasteiger charge is 2.27. The van der Waals surface area contributed by atoms with Crippen molar-refractivity contribution in [3.8, 4) is 5.75 Å². The first-order valence-electron chi connectivity index (χ1n) is 7.54. The maximum atomic E-state index is 5.99. The molecule has 112 valence electrons. The molecule has 0 saturated carbocycles. The fraction of sp³-hybridized carbons (Fsp3) is 0.625. The molecule has 0 bridgehead atoms. The molecule has 0 aromatic heterocycles. The second kappa shape index (κ2) is 7.07. The first kappa shape index (κ1) is 15.3. The Balaban J connectivity index is 2.15. The lowest BCUT2D eigenvalue weighted by molar-refractivity contribution is 0.0301. The second-order valence-corrected chi connectivity index (χ2v) is 5.70. The second-order valence-electron chi connectivity index (χ2n) is 5.70. The first-order chi connectivity index (χ1) is 9.67. The van der Waals surface area contributed by atoms with Gasteiger partial charge in [0, 0.05) is 24.2 Å². The highest BCUT2D eigenvalue weighted by atomic mass is 16.5. The van der Waals surface area contributed by atoms with E-state index in [2.05, 4.69) is 30.3 Å². The Morgan fingerprint density at radius 1 is 1.30 bits per heavy atom. The van der Waals surface area contributed by atoms with Crippen molar-refractivity contribution in [1.29, 1.82) is 0 Å². The van der Waals surface area contributed by atoms with Gasteiger partial charge >= 0.3 is 0 Å². The van der Waals surface area contributed by atoms with Crippen LogP contribution in [-0.4, -0.2) is 30.7 Å². The third-order valence-electron chi connectivity index (χ3n) is 4.25. The number of piperidine rings is 1. The first-order valence-corrected chi connectivity index (χ1v) is 7.54. The molecule has 2 rings (SSSR count). The zero-order valence-corrected chi connectivity index (χ0v) is 12.8. The van der Waals surface area contributed by atoms with Crippen molar-refractivity contribution in [2.75, 3.05) is 13.7 Å². The molecule has 0 spiro atoms. The minimum atomic E-state index is 0.0918. The van der Waals surface area contributed by atoms with Crippen LogP contribution in [0.25, 0.3) is 0 Å². The summed E-state index contributed by atoms with van der Waals surface area (Å²) < 4.78 is 5.46. The number of rotatable bonds is 5. The topological polar surface area (TPSA) is 50.5 Å². The molecule has 1 saturated heterocycles. The quantitative estimate of drug-likeness (QED) is 0.868. The van der Waals surface area contributed by atoms with Gasteiger partial charge < -0.3 is 10.5 Å². The number of methoxy groups -OCH3 is 1. The summed E-state index contributed by atoms with van der Waals surface area (Å²) >= 11 is 0. The third-order valence-corrected chi connectivity index (χ3v) is 4.25. The van der Waals surface area contributed by atoms with Gasteiger partial charge in [0.1, 0.15) is 5.75 Å². The largest absolute Gasteiger partial charge is 0.496 e. The minimum Gasteiger partial charge on any atom is -0.496 e. The fourth-order valence-corrected chi connectivity index (χ4v) is 3.06. The van der Waals surface area contributed by atoms with Gasteiger partial charge in [0.2, 0.25) is 0 Å². The van der Waals surface area contributed by atoms with E-state index in [1.807, 2.05) is 18.2 Å². The molecule has 1 aromatic carbocycles. The number of hydrogen-bond donors (Lipinski definition) is 2. The average Bonchev–Trinajstić information content (AvgIpc) is 2.47. The SMILES string of the molecule is COc1ccccc1C(CN)NN1C(C)CCCC1C. The van der Waals surface area contributed by atoms with Gasteiger partial charge in [-0.2, -0.15) is 0 Å². The lowest BCUT2D eigenvalue weighted by Crippen LogP contribution is -2.54. The predicted octanol–water partition coefficient (Wildman–Crippen LogP) is 2.46. The van der Waals surface area contributed by atoms with Gasteiger partial charge in [-0.15, -0.1) is 0 Å². The van der Waals surface area contributed by atoms with Crippen LogP contribution < -0.4 is 15.9 Å². The number of benzene rings is 1. The molecule has 0 radical (unpaired) electrons. The summed E-state index contributed by atoms with van der Waals surface area (Å²) in [6.07, 6.45) is 3.78. The maximum Gasteiger partial charge on any atom is 0.123 e. The Bertz CT molecular complexity index is 414. The number of nitrogens with two attached hydrogens (primary N) is 1. The van der Waals surface area contributed by atoms with Crippen LogP contribution in [0.2, 0.25) is 0 Å². The number of hydrazine groups is 1. The molecule has 1 heterocycles. The highest BCUT2D eigenvalue weighted by Crippen LogP contribution is 2.27. The monoisotopic (exact) mass is 277 g/mol. The summed E-state index contributed by atoms with van der Waals surface area (Å²) in [6.45, 7) is 5.10. The molecule has 3 N–H and O–H groups in total. The van der Waals surface area contributed by atoms with Crippen molar-refractivity contribution in [3.63, 3.8) is 0 Å². The van der Waals surface area contributed by atoms with E-state index in [0.29, 0.717) is 18.6 Å². The molecule has 0 amide bonds. The molecule has 1 aromatic rings. The number of nitrogens with one attached hydrogen (secondary N) is 1. The average molecular weight is 277 g/mol. The third kappa shape index (κ3) is 3.32. The zero-order chi connectivity index (χ0) is 14.5. The molecule has 20 heavy (non-hydrogen) atoms. The van der Waals surface area contributed by atoms with Crippen molar-refractivity contribution in [3.05, 3.63) is 29.8 Å². The van der Waals surface area contributed by atoms with Crippen LogP contribution in [0.3, 0.4) is 0 Å². The van der Waals surface area contributed by atoms with Crippen LogP contribution >= 0.6 is 0 Å². The van der Waals surface area contributed by atoms with E-state index in [-0.39, 0.29) is 6.04 Å². The van der Waals surface area contributed by atoms with Gasteiger partial charge in [0.25, 0.3) is 0 Å². The Kier molecular flexibility index (Phi) is 5.40. The van der Waals surface area contributed by atoms with Crippen molar-refractivity contribution in [1.82, 2.24) is 10.4 Å². The van der Waals surface area contributed by atoms with E-state index < -0.39 is 0 Å². The molecule has 4 heteroatoms. The molecule has 1 fully saturated rings. The van der Waals surface area contributed by atoms with Crippen molar-refractivity contribution in [2.24, 2.45) is 5.73 Å². The molecular formula is C16H27N3O. The lowest BCUT2D eigenvalue weighted by atomic mass is 9.99. The van der Waals surface area contributed by atoms with Gasteiger partial charge in [0.15, 0.2) is 0 Å². The molecule has 1 aliphatic heterocycles. The number of hydrogen-bond acceptors (Lipinski definition) is 4. The molecule has 3 unspecified atom stereocenters. The van der Waals surface area contributed by atoms with E-state index in [1.54, 1.807) is 7.11 Å². The van der Waals surface area contributed by atoms with Gasteiger partial charge in [-0.3, -0.25) is 0 Å². The van der Waals surface area contributed by atoms with Gasteiger partial charge in [-0.1, -0.05) is 24.6 Å². The Morgan fingerprint density at radius 2 is 1.95 bits per heavy atom. The van der Waals surface area contributed by atoms with Crippen molar-refractivity contribution < 1.29 is 4.74 Å². The number of para-hydroxylation sites is 1. The van der Waals surface area contributed by atoms with E-state index in [1.165, 1.54) is 19.3 Å². The Hall–Kier alpha value is -1.10. The van der Waals surface area contributed by atoms with Crippen LogP contribution in [0.4, 0.5) is 0 Å². The molecule has 4 nitrogen and oxygen atoms in total. The van der Waals surface area contributed by atoms with Gasteiger partial charge in [0.05, 0.1) is 13.2 Å². The summed E-state index contributed by atoms with van der Waals surface area (Å²) in [5.41, 5.74) is 10.7. The summed E-state index contributed by atoms with van der Waals surface area (Å²) in [4.78, 5) is 0. The molecule has 1 aliphatic rings. The normalized spacial score (nSPS) is 25.4. The summed E-state index contributed by atoms with van der Waals surface area (Å²) in [7, 11) is 1.71. The highest BCUT2D eigenvalue weighted by molar-refractivity contribution is 5.36. The Morgan fingerprint density at radius 3 is 2.55 bits per heavy atom. The maximum absolute atomic E-state index is 5.99. The Labute approximate surface area is 122 Å². The standard InChI is InChI=1S/C16H27N3O/c1-12-7-6-8-13(2)19(12)18-15(11-17)14-9-4-5-10-16(14)20-3/h4-5,9-10,12-13,15,18H,6-8,11,17H2,1-3H3. The number of nitrogens with zero attached hydrogens (tertiary/aromatic N) is 1. The molecule has 3 atom stereocenters. The van der Waals surface area contributed by atoms with Gasteiger partial charge in [-0.25, -0.2) is 10.4 Å². The lowest BCUT2D eigenvalue weighted by Gasteiger charge is -2.41. The van der Waals surface area contributed by atoms with Crippen LogP contribution in [0.1, 0.15) is 44.7 Å². The van der Waals surface area contributed by atoms with Crippen LogP contribution in [-0.2, 0) is 0 Å². The van der Waals surface area contributed by atoms with E-state index >= 15 is 0 Å². The summed E-state index contributed by atoms with van der Waals surface area (Å²) in [6, 6.07) is 9.28. The van der Waals surface area contributed by atoms with Crippen LogP contribution in [0.15, 0.2) is 24.3 Å². The van der Waals surface area contributed by atoms with Crippen molar-refractivity contribution >= 4 is 0 Å². The van der Waals surface area contributed by atoms with Crippen molar-refractivity contribution in [2.45, 2.75) is 51.2 Å². The minimum absolute atomic E-state index is 0.0918.